The molecule has 22 heavy (non-hydrogen) atoms. The van der Waals surface area contributed by atoms with Crippen LogP contribution in [0.2, 0.25) is 0 Å². The van der Waals surface area contributed by atoms with Gasteiger partial charge in [0.2, 0.25) is 0 Å². The molecule has 1 aromatic heterocycles. The van der Waals surface area contributed by atoms with Gasteiger partial charge in [0.1, 0.15) is 5.69 Å². The van der Waals surface area contributed by atoms with Gasteiger partial charge in [-0.3, -0.25) is 14.9 Å². The Balaban J connectivity index is 2.15. The number of aryl methyl sites for hydroxylation is 1. The van der Waals surface area contributed by atoms with E-state index in [9.17, 15) is 14.9 Å². The third-order valence-electron chi connectivity index (χ3n) is 3.01. The van der Waals surface area contributed by atoms with Crippen LogP contribution in [0, 0.1) is 17.0 Å². The van der Waals surface area contributed by atoms with Gasteiger partial charge in [0, 0.05) is 31.1 Å². The van der Waals surface area contributed by atoms with E-state index in [1.807, 2.05) is 12.3 Å². The van der Waals surface area contributed by atoms with E-state index in [1.54, 1.807) is 31.1 Å². The predicted molar refractivity (Wildman–Crippen MR) is 85.4 cm³/mol. The predicted octanol–water partition coefficient (Wildman–Crippen LogP) is 2.36. The SMILES string of the molecule is Cc1nc(CNC(=O)c2ccc(N(C)C)c([N+](=O)[O-])c2)cs1. The van der Waals surface area contributed by atoms with Crippen molar-refractivity contribution < 1.29 is 9.72 Å². The van der Waals surface area contributed by atoms with Crippen LogP contribution in [0.5, 0.6) is 0 Å². The summed E-state index contributed by atoms with van der Waals surface area (Å²) in [6, 6.07) is 4.43. The second-order valence-corrected chi connectivity index (χ2v) is 5.96. The van der Waals surface area contributed by atoms with Gasteiger partial charge in [0.05, 0.1) is 22.2 Å². The Bertz CT molecular complexity index is 712. The van der Waals surface area contributed by atoms with Gasteiger partial charge in [-0.05, 0) is 19.1 Å². The first-order valence-corrected chi connectivity index (χ1v) is 7.41. The maximum atomic E-state index is 12.1. The van der Waals surface area contributed by atoms with Gasteiger partial charge in [-0.25, -0.2) is 4.98 Å². The van der Waals surface area contributed by atoms with Crippen molar-refractivity contribution in [1.82, 2.24) is 10.3 Å². The lowest BCUT2D eigenvalue weighted by atomic mass is 10.1. The van der Waals surface area contributed by atoms with E-state index in [2.05, 4.69) is 10.3 Å². The fourth-order valence-electron chi connectivity index (χ4n) is 1.95. The van der Waals surface area contributed by atoms with Crippen molar-refractivity contribution in [3.05, 3.63) is 50.0 Å². The Labute approximate surface area is 131 Å². The van der Waals surface area contributed by atoms with Crippen LogP contribution in [-0.2, 0) is 6.54 Å². The molecule has 0 atom stereocenters. The van der Waals surface area contributed by atoms with Crippen molar-refractivity contribution in [2.75, 3.05) is 19.0 Å². The van der Waals surface area contributed by atoms with Crippen LogP contribution in [0.1, 0.15) is 21.1 Å². The minimum atomic E-state index is -0.490. The zero-order valence-corrected chi connectivity index (χ0v) is 13.3. The van der Waals surface area contributed by atoms with Gasteiger partial charge < -0.3 is 10.2 Å². The molecule has 0 aliphatic heterocycles. The smallest absolute Gasteiger partial charge is 0.293 e. The summed E-state index contributed by atoms with van der Waals surface area (Å²) in [5, 5.41) is 16.6. The van der Waals surface area contributed by atoms with Gasteiger partial charge in [-0.2, -0.15) is 0 Å². The third-order valence-corrected chi connectivity index (χ3v) is 3.84. The Morgan fingerprint density at radius 3 is 2.73 bits per heavy atom. The molecule has 1 heterocycles. The van der Waals surface area contributed by atoms with Crippen LogP contribution in [0.3, 0.4) is 0 Å². The summed E-state index contributed by atoms with van der Waals surface area (Å²) in [6.45, 7) is 2.19. The van der Waals surface area contributed by atoms with Crippen LogP contribution in [0.15, 0.2) is 23.6 Å². The number of nitro groups is 1. The molecule has 0 unspecified atom stereocenters. The Morgan fingerprint density at radius 1 is 1.45 bits per heavy atom. The van der Waals surface area contributed by atoms with E-state index in [4.69, 9.17) is 0 Å². The fraction of sp³-hybridized carbons (Fsp3) is 0.286. The number of nitrogens with zero attached hydrogens (tertiary/aromatic N) is 3. The van der Waals surface area contributed by atoms with Crippen LogP contribution in [-0.4, -0.2) is 29.9 Å². The lowest BCUT2D eigenvalue weighted by Gasteiger charge is -2.13. The van der Waals surface area contributed by atoms with Crippen molar-refractivity contribution in [1.29, 1.82) is 0 Å². The number of hydrogen-bond donors (Lipinski definition) is 1. The molecule has 0 fully saturated rings. The molecule has 7 nitrogen and oxygen atoms in total. The maximum Gasteiger partial charge on any atom is 0.293 e. The maximum absolute atomic E-state index is 12.1. The number of aromatic nitrogens is 1. The summed E-state index contributed by atoms with van der Waals surface area (Å²) in [7, 11) is 3.43. The molecule has 1 N–H and O–H groups in total. The second kappa shape index (κ2) is 6.52. The van der Waals surface area contributed by atoms with Crippen molar-refractivity contribution in [2.45, 2.75) is 13.5 Å². The Morgan fingerprint density at radius 2 is 2.18 bits per heavy atom. The molecular weight excluding hydrogens is 304 g/mol. The van der Waals surface area contributed by atoms with Gasteiger partial charge in [0.25, 0.3) is 11.6 Å². The zero-order chi connectivity index (χ0) is 16.3. The highest BCUT2D eigenvalue weighted by molar-refractivity contribution is 7.09. The monoisotopic (exact) mass is 320 g/mol. The largest absolute Gasteiger partial charge is 0.372 e. The van der Waals surface area contributed by atoms with Gasteiger partial charge in [0.15, 0.2) is 0 Å². The zero-order valence-electron chi connectivity index (χ0n) is 12.5. The molecular formula is C14H16N4O3S. The van der Waals surface area contributed by atoms with Crippen molar-refractivity contribution in [3.63, 3.8) is 0 Å². The van der Waals surface area contributed by atoms with Gasteiger partial charge in [-0.1, -0.05) is 0 Å². The number of benzene rings is 1. The van der Waals surface area contributed by atoms with Crippen molar-refractivity contribution >= 4 is 28.6 Å². The Kier molecular flexibility index (Phi) is 4.71. The molecule has 0 radical (unpaired) electrons. The number of nitro benzene ring substituents is 1. The minimum absolute atomic E-state index is 0.0952. The summed E-state index contributed by atoms with van der Waals surface area (Å²) in [5.41, 5.74) is 1.39. The molecule has 2 aromatic rings. The summed E-state index contributed by atoms with van der Waals surface area (Å²) in [4.78, 5) is 28.6. The number of anilines is 1. The van der Waals surface area contributed by atoms with Crippen LogP contribution in [0.25, 0.3) is 0 Å². The van der Waals surface area contributed by atoms with E-state index >= 15 is 0 Å². The molecule has 0 saturated carbocycles. The first-order chi connectivity index (χ1) is 10.4. The molecule has 0 aliphatic rings. The van der Waals surface area contributed by atoms with Gasteiger partial charge in [-0.15, -0.1) is 11.3 Å². The molecule has 0 aliphatic carbocycles. The number of thiazole rings is 1. The van der Waals surface area contributed by atoms with E-state index in [-0.39, 0.29) is 17.2 Å². The first kappa shape index (κ1) is 15.9. The van der Waals surface area contributed by atoms with E-state index in [1.165, 1.54) is 17.4 Å². The topological polar surface area (TPSA) is 88.4 Å². The quantitative estimate of drug-likeness (QED) is 0.675. The molecule has 116 valence electrons. The molecule has 0 spiro atoms. The van der Waals surface area contributed by atoms with E-state index in [0.717, 1.165) is 10.7 Å². The highest BCUT2D eigenvalue weighted by Gasteiger charge is 2.18. The number of rotatable bonds is 5. The van der Waals surface area contributed by atoms with Crippen molar-refractivity contribution in [3.8, 4) is 0 Å². The fourth-order valence-corrected chi connectivity index (χ4v) is 2.56. The molecule has 0 bridgehead atoms. The molecule has 1 aromatic carbocycles. The molecule has 8 heteroatoms. The van der Waals surface area contributed by atoms with Crippen LogP contribution in [0.4, 0.5) is 11.4 Å². The van der Waals surface area contributed by atoms with Crippen LogP contribution < -0.4 is 10.2 Å². The summed E-state index contributed by atoms with van der Waals surface area (Å²) >= 11 is 1.51. The normalized spacial score (nSPS) is 10.3. The summed E-state index contributed by atoms with van der Waals surface area (Å²) in [6.07, 6.45) is 0. The third kappa shape index (κ3) is 3.59. The number of amides is 1. The van der Waals surface area contributed by atoms with Crippen molar-refractivity contribution in [2.24, 2.45) is 0 Å². The highest BCUT2D eigenvalue weighted by atomic mass is 32.1. The van der Waals surface area contributed by atoms with Gasteiger partial charge >= 0.3 is 0 Å². The molecule has 2 rings (SSSR count). The highest BCUT2D eigenvalue weighted by Crippen LogP contribution is 2.27. The standard InChI is InChI=1S/C14H16N4O3S/c1-9-16-11(8-22-9)7-15-14(19)10-4-5-12(17(2)3)13(6-10)18(20)21/h4-6,8H,7H2,1-3H3,(H,15,19). The average Bonchev–Trinajstić information content (AvgIpc) is 2.89. The minimum Gasteiger partial charge on any atom is -0.372 e. The first-order valence-electron chi connectivity index (χ1n) is 6.53. The molecule has 1 amide bonds. The van der Waals surface area contributed by atoms with Crippen LogP contribution >= 0.6 is 11.3 Å². The average molecular weight is 320 g/mol. The van der Waals surface area contributed by atoms with E-state index < -0.39 is 4.92 Å². The summed E-state index contributed by atoms with van der Waals surface area (Å²) < 4.78 is 0. The number of hydrogen-bond acceptors (Lipinski definition) is 6. The van der Waals surface area contributed by atoms with E-state index in [0.29, 0.717) is 12.2 Å². The lowest BCUT2D eigenvalue weighted by molar-refractivity contribution is -0.384. The lowest BCUT2D eigenvalue weighted by Crippen LogP contribution is -2.23. The molecule has 0 saturated heterocycles. The number of nitrogens with one attached hydrogen (secondary N) is 1. The number of carbonyl (C=O) groups is 1. The second-order valence-electron chi connectivity index (χ2n) is 4.90. The number of carbonyl (C=O) groups excluding carboxylic acids is 1. The summed E-state index contributed by atoms with van der Waals surface area (Å²) in [5.74, 6) is -0.362. The Hall–Kier alpha value is -2.48.